The molecule has 36 heavy (non-hydrogen) atoms. The molecule has 1 unspecified atom stereocenters. The van der Waals surface area contributed by atoms with E-state index in [4.69, 9.17) is 4.74 Å². The summed E-state index contributed by atoms with van der Waals surface area (Å²) in [6.07, 6.45) is 3.32. The van der Waals surface area contributed by atoms with Gasteiger partial charge in [-0.2, -0.15) is 0 Å². The average Bonchev–Trinajstić information content (AvgIpc) is 2.95. The number of fused-ring (bicyclic) bond motifs is 1. The van der Waals surface area contributed by atoms with E-state index in [9.17, 15) is 0 Å². The molecule has 0 aromatic heterocycles. The Labute approximate surface area is 216 Å². The lowest BCUT2D eigenvalue weighted by atomic mass is 9.63. The Bertz CT molecular complexity index is 1130. The minimum atomic E-state index is -0.444. The molecule has 5 rings (SSSR count). The van der Waals surface area contributed by atoms with Crippen molar-refractivity contribution in [2.45, 2.75) is 44.6 Å². The average molecular weight is 476 g/mol. The van der Waals surface area contributed by atoms with Crippen LogP contribution in [0, 0.1) is 0 Å². The van der Waals surface area contributed by atoms with E-state index >= 15 is 0 Å². The van der Waals surface area contributed by atoms with Crippen molar-refractivity contribution >= 4 is 0 Å². The van der Waals surface area contributed by atoms with Crippen LogP contribution in [-0.4, -0.2) is 30.6 Å². The third-order valence-electron chi connectivity index (χ3n) is 7.57. The maximum Gasteiger partial charge on any atom is 0.122 e. The molecule has 2 nitrogen and oxygen atoms in total. The van der Waals surface area contributed by atoms with Gasteiger partial charge in [0.15, 0.2) is 0 Å². The summed E-state index contributed by atoms with van der Waals surface area (Å²) in [5, 5.41) is 0. The molecule has 0 saturated carbocycles. The highest BCUT2D eigenvalue weighted by atomic mass is 16.5. The van der Waals surface area contributed by atoms with Gasteiger partial charge in [0.05, 0.1) is 5.41 Å². The van der Waals surface area contributed by atoms with E-state index < -0.39 is 5.41 Å². The molecule has 4 aromatic rings. The SMILES string of the molecule is CCCN(CCC)C1COc2cccc(C(c3ccccc3)(c3ccccc3)c3ccccc3)c2C1. The quantitative estimate of drug-likeness (QED) is 0.232. The maximum absolute atomic E-state index is 6.51. The van der Waals surface area contributed by atoms with Crippen LogP contribution in [-0.2, 0) is 11.8 Å². The summed E-state index contributed by atoms with van der Waals surface area (Å²) in [5.41, 5.74) is 6.04. The minimum absolute atomic E-state index is 0.388. The van der Waals surface area contributed by atoms with Crippen molar-refractivity contribution < 1.29 is 4.74 Å². The van der Waals surface area contributed by atoms with E-state index in [2.05, 4.69) is 128 Å². The van der Waals surface area contributed by atoms with Crippen LogP contribution in [0.25, 0.3) is 0 Å². The first kappa shape index (κ1) is 24.3. The zero-order chi connectivity index (χ0) is 24.8. The number of ether oxygens (including phenoxy) is 1. The summed E-state index contributed by atoms with van der Waals surface area (Å²) in [5.74, 6) is 1.03. The second-order valence-electron chi connectivity index (χ2n) is 9.84. The molecule has 0 radical (unpaired) electrons. The molecule has 2 heteroatoms. The van der Waals surface area contributed by atoms with Crippen molar-refractivity contribution in [1.29, 1.82) is 0 Å². The highest BCUT2D eigenvalue weighted by Crippen LogP contribution is 2.48. The number of nitrogens with zero attached hydrogens (tertiary/aromatic N) is 1. The van der Waals surface area contributed by atoms with Crippen molar-refractivity contribution in [1.82, 2.24) is 4.90 Å². The monoisotopic (exact) mass is 475 g/mol. The van der Waals surface area contributed by atoms with Gasteiger partial charge in [0, 0.05) is 11.6 Å². The van der Waals surface area contributed by atoms with E-state index in [1.165, 1.54) is 27.8 Å². The van der Waals surface area contributed by atoms with E-state index in [-0.39, 0.29) is 0 Å². The van der Waals surface area contributed by atoms with Gasteiger partial charge >= 0.3 is 0 Å². The van der Waals surface area contributed by atoms with Crippen LogP contribution in [0.2, 0.25) is 0 Å². The van der Waals surface area contributed by atoms with Crippen LogP contribution in [0.5, 0.6) is 5.75 Å². The van der Waals surface area contributed by atoms with Crippen LogP contribution >= 0.6 is 0 Å². The maximum atomic E-state index is 6.51. The Balaban J connectivity index is 1.77. The summed E-state index contributed by atoms with van der Waals surface area (Å²) in [7, 11) is 0. The summed E-state index contributed by atoms with van der Waals surface area (Å²) < 4.78 is 6.51. The molecule has 0 N–H and O–H groups in total. The van der Waals surface area contributed by atoms with E-state index in [1.807, 2.05) is 0 Å². The molecule has 0 amide bonds. The molecule has 1 atom stereocenters. The van der Waals surface area contributed by atoms with E-state index in [0.717, 1.165) is 44.7 Å². The first-order chi connectivity index (χ1) is 17.8. The molecule has 0 saturated heterocycles. The van der Waals surface area contributed by atoms with Crippen LogP contribution in [0.3, 0.4) is 0 Å². The summed E-state index contributed by atoms with van der Waals surface area (Å²) in [4.78, 5) is 2.63. The van der Waals surface area contributed by atoms with Crippen LogP contribution in [0.1, 0.15) is 54.5 Å². The fourth-order valence-corrected chi connectivity index (χ4v) is 6.06. The highest BCUT2D eigenvalue weighted by molar-refractivity contribution is 5.63. The van der Waals surface area contributed by atoms with Gasteiger partial charge in [-0.25, -0.2) is 0 Å². The predicted molar refractivity (Wildman–Crippen MR) is 150 cm³/mol. The smallest absolute Gasteiger partial charge is 0.122 e. The number of hydrogen-bond acceptors (Lipinski definition) is 2. The minimum Gasteiger partial charge on any atom is -0.492 e. The third kappa shape index (κ3) is 4.47. The third-order valence-corrected chi connectivity index (χ3v) is 7.57. The van der Waals surface area contributed by atoms with Gasteiger partial charge in [0.25, 0.3) is 0 Å². The molecule has 0 fully saturated rings. The zero-order valence-corrected chi connectivity index (χ0v) is 21.6. The predicted octanol–water partition coefficient (Wildman–Crippen LogP) is 7.49. The lowest BCUT2D eigenvalue weighted by Crippen LogP contribution is -2.45. The second-order valence-corrected chi connectivity index (χ2v) is 9.84. The van der Waals surface area contributed by atoms with Gasteiger partial charge < -0.3 is 4.74 Å². The Morgan fingerprint density at radius 1 is 0.667 bits per heavy atom. The van der Waals surface area contributed by atoms with Crippen LogP contribution in [0.4, 0.5) is 0 Å². The molecule has 1 aliphatic heterocycles. The Morgan fingerprint density at radius 3 is 1.64 bits per heavy atom. The Kier molecular flexibility index (Phi) is 7.53. The van der Waals surface area contributed by atoms with Gasteiger partial charge in [0.2, 0.25) is 0 Å². The largest absolute Gasteiger partial charge is 0.492 e. The summed E-state index contributed by atoms with van der Waals surface area (Å²) in [6, 6.07) is 40.0. The van der Waals surface area contributed by atoms with Gasteiger partial charge in [-0.3, -0.25) is 4.90 Å². The fraction of sp³-hybridized carbons (Fsp3) is 0.294. The lowest BCUT2D eigenvalue weighted by Gasteiger charge is -2.41. The van der Waals surface area contributed by atoms with Crippen molar-refractivity contribution in [3.05, 3.63) is 137 Å². The fourth-order valence-electron chi connectivity index (χ4n) is 6.06. The standard InChI is InChI=1S/C34H37NO/c1-3-23-35(24-4-2)30-25-31-32(21-14-22-33(31)36-26-30)34(27-15-8-5-9-16-27,28-17-10-6-11-18-28)29-19-12-7-13-20-29/h5-22,30H,3-4,23-26H2,1-2H3. The molecule has 0 spiro atoms. The van der Waals surface area contributed by atoms with E-state index in [0.29, 0.717) is 6.04 Å². The van der Waals surface area contributed by atoms with Gasteiger partial charge in [-0.05, 0) is 60.7 Å². The molecule has 0 bridgehead atoms. The lowest BCUT2D eigenvalue weighted by molar-refractivity contribution is 0.118. The molecule has 1 heterocycles. The first-order valence-corrected chi connectivity index (χ1v) is 13.4. The molecular formula is C34H37NO. The molecule has 1 aliphatic rings. The molecule has 184 valence electrons. The number of rotatable bonds is 9. The van der Waals surface area contributed by atoms with Crippen molar-refractivity contribution in [3.63, 3.8) is 0 Å². The van der Waals surface area contributed by atoms with Crippen LogP contribution in [0.15, 0.2) is 109 Å². The molecular weight excluding hydrogens is 438 g/mol. The topological polar surface area (TPSA) is 12.5 Å². The zero-order valence-electron chi connectivity index (χ0n) is 21.6. The van der Waals surface area contributed by atoms with E-state index in [1.54, 1.807) is 0 Å². The number of benzene rings is 4. The van der Waals surface area contributed by atoms with Crippen molar-refractivity contribution in [2.24, 2.45) is 0 Å². The Hall–Kier alpha value is -3.36. The van der Waals surface area contributed by atoms with Gasteiger partial charge in [-0.15, -0.1) is 0 Å². The Morgan fingerprint density at radius 2 is 1.17 bits per heavy atom. The summed E-state index contributed by atoms with van der Waals surface area (Å²) in [6.45, 7) is 7.53. The first-order valence-electron chi connectivity index (χ1n) is 13.4. The highest BCUT2D eigenvalue weighted by Gasteiger charge is 2.41. The normalized spacial score (nSPS) is 15.4. The second kappa shape index (κ2) is 11.1. The van der Waals surface area contributed by atoms with Gasteiger partial charge in [0.1, 0.15) is 12.4 Å². The van der Waals surface area contributed by atoms with Crippen molar-refractivity contribution in [2.75, 3.05) is 19.7 Å². The molecule has 4 aromatic carbocycles. The molecule has 0 aliphatic carbocycles. The number of hydrogen-bond donors (Lipinski definition) is 0. The van der Waals surface area contributed by atoms with Crippen LogP contribution < -0.4 is 4.74 Å². The summed E-state index contributed by atoms with van der Waals surface area (Å²) >= 11 is 0. The van der Waals surface area contributed by atoms with Crippen molar-refractivity contribution in [3.8, 4) is 5.75 Å². The van der Waals surface area contributed by atoms with Gasteiger partial charge in [-0.1, -0.05) is 117 Å².